The van der Waals surface area contributed by atoms with Crippen LogP contribution in [0.25, 0.3) is 0 Å². The summed E-state index contributed by atoms with van der Waals surface area (Å²) in [5, 5.41) is 9.76. The molecule has 1 fully saturated rings. The molecule has 1 saturated heterocycles. The number of aromatic nitrogens is 1. The molecule has 0 unspecified atom stereocenters. The largest absolute Gasteiger partial charge is 0.480 e. The molecule has 1 aromatic heterocycles. The van der Waals surface area contributed by atoms with Crippen molar-refractivity contribution in [2.45, 2.75) is 11.1 Å². The van der Waals surface area contributed by atoms with Gasteiger partial charge in [0, 0.05) is 11.9 Å². The number of pyridine rings is 1. The smallest absolute Gasteiger partial charge is 0.327 e. The number of aliphatic carboxylic acids is 1. The van der Waals surface area contributed by atoms with Gasteiger partial charge in [0.2, 0.25) is 5.91 Å². The Morgan fingerprint density at radius 2 is 2.39 bits per heavy atom. The standard InChI is InChI=1S/C11H12N2O3S2/c14-10(6-18-9-3-1-2-4-12-9)13-7-17-5-8(13)11(15)16/h1-4,8H,5-7H2,(H,15,16)/t8-/m0/s1. The number of carbonyl (C=O) groups is 2. The van der Waals surface area contributed by atoms with Crippen LogP contribution in [0.3, 0.4) is 0 Å². The number of nitrogens with zero attached hydrogens (tertiary/aromatic N) is 2. The van der Waals surface area contributed by atoms with Crippen LogP contribution < -0.4 is 0 Å². The minimum Gasteiger partial charge on any atom is -0.480 e. The zero-order chi connectivity index (χ0) is 13.0. The molecule has 2 heterocycles. The van der Waals surface area contributed by atoms with E-state index in [0.29, 0.717) is 11.6 Å². The van der Waals surface area contributed by atoms with Crippen molar-refractivity contribution in [2.75, 3.05) is 17.4 Å². The summed E-state index contributed by atoms with van der Waals surface area (Å²) in [6, 6.07) is 4.80. The SMILES string of the molecule is O=C(O)[C@@H]1CSCN1C(=O)CSc1ccccn1. The van der Waals surface area contributed by atoms with Gasteiger partial charge in [-0.05, 0) is 12.1 Å². The van der Waals surface area contributed by atoms with Crippen LogP contribution >= 0.6 is 23.5 Å². The quantitative estimate of drug-likeness (QED) is 0.837. The minimum absolute atomic E-state index is 0.150. The van der Waals surface area contributed by atoms with Crippen LogP contribution in [-0.2, 0) is 9.59 Å². The van der Waals surface area contributed by atoms with Gasteiger partial charge in [0.25, 0.3) is 0 Å². The van der Waals surface area contributed by atoms with Crippen LogP contribution in [0.4, 0.5) is 0 Å². The van der Waals surface area contributed by atoms with Gasteiger partial charge < -0.3 is 10.0 Å². The van der Waals surface area contributed by atoms with Gasteiger partial charge in [-0.3, -0.25) is 4.79 Å². The van der Waals surface area contributed by atoms with Gasteiger partial charge in [0.15, 0.2) is 0 Å². The number of carboxylic acids is 1. The van der Waals surface area contributed by atoms with E-state index in [1.54, 1.807) is 6.20 Å². The van der Waals surface area contributed by atoms with Crippen molar-refractivity contribution in [1.29, 1.82) is 0 Å². The summed E-state index contributed by atoms with van der Waals surface area (Å²) in [5.41, 5.74) is 0. The van der Waals surface area contributed by atoms with E-state index in [9.17, 15) is 9.59 Å². The first-order valence-corrected chi connectivity index (χ1v) is 7.46. The summed E-state index contributed by atoms with van der Waals surface area (Å²) in [6.45, 7) is 0. The van der Waals surface area contributed by atoms with Gasteiger partial charge in [0.1, 0.15) is 6.04 Å². The van der Waals surface area contributed by atoms with Crippen LogP contribution in [0.1, 0.15) is 0 Å². The molecule has 1 atom stereocenters. The number of amides is 1. The molecule has 0 aliphatic carbocycles. The third-order valence-electron chi connectivity index (χ3n) is 2.47. The number of carbonyl (C=O) groups excluding carboxylic acids is 1. The molecule has 1 amide bonds. The topological polar surface area (TPSA) is 70.5 Å². The molecule has 0 bridgehead atoms. The second-order valence-corrected chi connectivity index (χ2v) is 5.67. The van der Waals surface area contributed by atoms with Crippen LogP contribution in [0.15, 0.2) is 29.4 Å². The van der Waals surface area contributed by atoms with Crippen molar-refractivity contribution in [3.8, 4) is 0 Å². The molecule has 0 radical (unpaired) electrons. The molecule has 0 saturated carbocycles. The van der Waals surface area contributed by atoms with E-state index in [2.05, 4.69) is 4.98 Å². The van der Waals surface area contributed by atoms with E-state index in [1.165, 1.54) is 28.4 Å². The molecule has 18 heavy (non-hydrogen) atoms. The highest BCUT2D eigenvalue weighted by Gasteiger charge is 2.34. The number of hydrogen-bond donors (Lipinski definition) is 1. The van der Waals surface area contributed by atoms with Crippen LogP contribution in [-0.4, -0.2) is 50.3 Å². The van der Waals surface area contributed by atoms with Crippen molar-refractivity contribution in [3.63, 3.8) is 0 Å². The average Bonchev–Trinajstić information content (AvgIpc) is 2.86. The fraction of sp³-hybridized carbons (Fsp3) is 0.364. The fourth-order valence-corrected chi connectivity index (χ4v) is 3.46. The maximum absolute atomic E-state index is 11.9. The predicted molar refractivity (Wildman–Crippen MR) is 70.6 cm³/mol. The van der Waals surface area contributed by atoms with Crippen LogP contribution in [0.2, 0.25) is 0 Å². The number of thioether (sulfide) groups is 2. The number of hydrogen-bond acceptors (Lipinski definition) is 5. The van der Waals surface area contributed by atoms with Crippen molar-refractivity contribution in [3.05, 3.63) is 24.4 Å². The zero-order valence-electron chi connectivity index (χ0n) is 9.48. The van der Waals surface area contributed by atoms with Crippen molar-refractivity contribution in [1.82, 2.24) is 9.88 Å². The maximum Gasteiger partial charge on any atom is 0.327 e. The van der Waals surface area contributed by atoms with Gasteiger partial charge in [-0.25, -0.2) is 9.78 Å². The summed E-state index contributed by atoms with van der Waals surface area (Å²) >= 11 is 2.79. The molecular weight excluding hydrogens is 272 g/mol. The molecule has 5 nitrogen and oxygen atoms in total. The van der Waals surface area contributed by atoms with Gasteiger partial charge in [-0.1, -0.05) is 17.8 Å². The first kappa shape index (κ1) is 13.2. The summed E-state index contributed by atoms with van der Waals surface area (Å²) in [6.07, 6.45) is 1.67. The fourth-order valence-electron chi connectivity index (χ4n) is 1.54. The number of rotatable bonds is 4. The van der Waals surface area contributed by atoms with Gasteiger partial charge in [-0.2, -0.15) is 0 Å². The Morgan fingerprint density at radius 1 is 1.56 bits per heavy atom. The van der Waals surface area contributed by atoms with E-state index >= 15 is 0 Å². The molecule has 1 N–H and O–H groups in total. The molecule has 1 aromatic rings. The lowest BCUT2D eigenvalue weighted by molar-refractivity contribution is -0.146. The molecule has 0 aromatic carbocycles. The van der Waals surface area contributed by atoms with Crippen molar-refractivity contribution in [2.24, 2.45) is 0 Å². The molecular formula is C11H12N2O3S2. The number of carboxylic acid groups (broad SMARTS) is 1. The molecule has 1 aliphatic heterocycles. The highest BCUT2D eigenvalue weighted by molar-refractivity contribution is 8.00. The average molecular weight is 284 g/mol. The van der Waals surface area contributed by atoms with Crippen molar-refractivity contribution >= 4 is 35.4 Å². The summed E-state index contributed by atoms with van der Waals surface area (Å²) in [5.74, 6) is 0.0640. The Morgan fingerprint density at radius 3 is 3.06 bits per heavy atom. The first-order chi connectivity index (χ1) is 8.68. The van der Waals surface area contributed by atoms with E-state index in [1.807, 2.05) is 18.2 Å². The normalized spacial score (nSPS) is 18.9. The zero-order valence-corrected chi connectivity index (χ0v) is 11.1. The molecule has 0 spiro atoms. The third kappa shape index (κ3) is 3.17. The Hall–Kier alpha value is -1.21. The Kier molecular flexibility index (Phi) is 4.48. The Balaban J connectivity index is 1.90. The van der Waals surface area contributed by atoms with Crippen molar-refractivity contribution < 1.29 is 14.7 Å². The second kappa shape index (κ2) is 6.10. The monoisotopic (exact) mass is 284 g/mol. The second-order valence-electron chi connectivity index (χ2n) is 3.67. The lowest BCUT2D eigenvalue weighted by Crippen LogP contribution is -2.42. The van der Waals surface area contributed by atoms with E-state index in [4.69, 9.17) is 5.11 Å². The van der Waals surface area contributed by atoms with Gasteiger partial charge >= 0.3 is 5.97 Å². The van der Waals surface area contributed by atoms with Gasteiger partial charge in [-0.15, -0.1) is 11.8 Å². The first-order valence-electron chi connectivity index (χ1n) is 5.32. The third-order valence-corrected chi connectivity index (χ3v) is 4.41. The summed E-state index contributed by atoms with van der Waals surface area (Å²) in [4.78, 5) is 28.4. The summed E-state index contributed by atoms with van der Waals surface area (Å²) in [7, 11) is 0. The molecule has 1 aliphatic rings. The summed E-state index contributed by atoms with van der Waals surface area (Å²) < 4.78 is 0. The highest BCUT2D eigenvalue weighted by atomic mass is 32.2. The van der Waals surface area contributed by atoms with Gasteiger partial charge in [0.05, 0.1) is 16.7 Å². The van der Waals surface area contributed by atoms with Crippen LogP contribution in [0.5, 0.6) is 0 Å². The lowest BCUT2D eigenvalue weighted by Gasteiger charge is -2.19. The van der Waals surface area contributed by atoms with E-state index in [0.717, 1.165) is 5.03 Å². The van der Waals surface area contributed by atoms with E-state index < -0.39 is 12.0 Å². The Bertz CT molecular complexity index is 441. The predicted octanol–water partition coefficient (Wildman–Crippen LogP) is 1.16. The van der Waals surface area contributed by atoms with Crippen LogP contribution in [0, 0.1) is 0 Å². The van der Waals surface area contributed by atoms with E-state index in [-0.39, 0.29) is 11.7 Å². The minimum atomic E-state index is -0.934. The Labute approximate surface area is 113 Å². The highest BCUT2D eigenvalue weighted by Crippen LogP contribution is 2.23. The molecule has 96 valence electrons. The lowest BCUT2D eigenvalue weighted by atomic mass is 10.3. The molecule has 2 rings (SSSR count). The molecule has 7 heteroatoms. The maximum atomic E-state index is 11.9.